The molecular weight excluding hydrogens is 324 g/mol. The first kappa shape index (κ1) is 18.7. The van der Waals surface area contributed by atoms with Gasteiger partial charge in [-0.15, -0.1) is 0 Å². The first-order valence-electron chi connectivity index (χ1n) is 8.07. The standard InChI is InChI=1S/C19H23F2N3O/c1-14-5-3-6-15(9-14)11-23-19(22-2)24-12-16-7-4-8-17(10-16)25-13-18(20)21/h3-10,18H,11-13H2,1-2H3,(H2,22,23,24). The van der Waals surface area contributed by atoms with E-state index in [9.17, 15) is 8.78 Å². The molecule has 0 aliphatic rings. The summed E-state index contributed by atoms with van der Waals surface area (Å²) < 4.78 is 29.5. The minimum atomic E-state index is -2.48. The Labute approximate surface area is 146 Å². The van der Waals surface area contributed by atoms with Gasteiger partial charge in [-0.05, 0) is 30.2 Å². The summed E-state index contributed by atoms with van der Waals surface area (Å²) in [4.78, 5) is 4.19. The molecule has 2 N–H and O–H groups in total. The van der Waals surface area contributed by atoms with Gasteiger partial charge in [-0.25, -0.2) is 8.78 Å². The minimum absolute atomic E-state index is 0.433. The van der Waals surface area contributed by atoms with Crippen molar-refractivity contribution in [3.63, 3.8) is 0 Å². The van der Waals surface area contributed by atoms with Crippen LogP contribution in [0.25, 0.3) is 0 Å². The summed E-state index contributed by atoms with van der Waals surface area (Å²) in [5.74, 6) is 1.10. The number of benzene rings is 2. The van der Waals surface area contributed by atoms with Crippen LogP contribution in [0.5, 0.6) is 5.75 Å². The van der Waals surface area contributed by atoms with E-state index in [2.05, 4.69) is 40.7 Å². The lowest BCUT2D eigenvalue weighted by atomic mass is 10.1. The average molecular weight is 347 g/mol. The number of rotatable bonds is 7. The van der Waals surface area contributed by atoms with Crippen molar-refractivity contribution in [1.29, 1.82) is 0 Å². The lowest BCUT2D eigenvalue weighted by Crippen LogP contribution is -2.36. The van der Waals surface area contributed by atoms with Crippen molar-refractivity contribution in [2.75, 3.05) is 13.7 Å². The van der Waals surface area contributed by atoms with Gasteiger partial charge >= 0.3 is 0 Å². The number of alkyl halides is 2. The molecule has 134 valence electrons. The molecule has 6 heteroatoms. The summed E-state index contributed by atoms with van der Waals surface area (Å²) in [6.07, 6.45) is -2.48. The van der Waals surface area contributed by atoms with Crippen LogP contribution >= 0.6 is 0 Å². The molecule has 0 aliphatic heterocycles. The monoisotopic (exact) mass is 347 g/mol. The van der Waals surface area contributed by atoms with E-state index < -0.39 is 13.0 Å². The number of halogens is 2. The molecule has 0 aliphatic carbocycles. The van der Waals surface area contributed by atoms with Crippen LogP contribution in [-0.4, -0.2) is 26.0 Å². The first-order chi connectivity index (χ1) is 12.1. The maximum absolute atomic E-state index is 12.2. The van der Waals surface area contributed by atoms with Crippen LogP contribution < -0.4 is 15.4 Å². The molecule has 0 radical (unpaired) electrons. The molecule has 0 saturated carbocycles. The normalized spacial score (nSPS) is 11.5. The Bertz CT molecular complexity index is 705. The van der Waals surface area contributed by atoms with E-state index in [1.165, 1.54) is 11.1 Å². The number of aryl methyl sites for hydroxylation is 1. The zero-order chi connectivity index (χ0) is 18.1. The number of nitrogens with one attached hydrogen (secondary N) is 2. The largest absolute Gasteiger partial charge is 0.488 e. The van der Waals surface area contributed by atoms with Crippen LogP contribution in [0.15, 0.2) is 53.5 Å². The third-order valence-corrected chi connectivity index (χ3v) is 3.50. The van der Waals surface area contributed by atoms with Crippen LogP contribution in [-0.2, 0) is 13.1 Å². The van der Waals surface area contributed by atoms with E-state index in [-0.39, 0.29) is 0 Å². The summed E-state index contributed by atoms with van der Waals surface area (Å²) >= 11 is 0. The molecule has 0 amide bonds. The highest BCUT2D eigenvalue weighted by Crippen LogP contribution is 2.14. The van der Waals surface area contributed by atoms with Gasteiger partial charge in [-0.3, -0.25) is 4.99 Å². The van der Waals surface area contributed by atoms with Crippen molar-refractivity contribution in [2.24, 2.45) is 4.99 Å². The Hall–Kier alpha value is -2.63. The lowest BCUT2D eigenvalue weighted by molar-refractivity contribution is 0.0818. The number of guanidine groups is 1. The molecule has 0 fully saturated rings. The van der Waals surface area contributed by atoms with Crippen molar-refractivity contribution in [1.82, 2.24) is 10.6 Å². The fraction of sp³-hybridized carbons (Fsp3) is 0.316. The zero-order valence-electron chi connectivity index (χ0n) is 14.4. The summed E-state index contributed by atoms with van der Waals surface area (Å²) in [5.41, 5.74) is 3.30. The van der Waals surface area contributed by atoms with Crippen LogP contribution in [0.1, 0.15) is 16.7 Å². The van der Waals surface area contributed by atoms with E-state index in [0.717, 1.165) is 5.56 Å². The average Bonchev–Trinajstić information content (AvgIpc) is 2.60. The molecule has 4 nitrogen and oxygen atoms in total. The molecular formula is C19H23F2N3O. The minimum Gasteiger partial charge on any atom is -0.488 e. The molecule has 0 heterocycles. The number of aliphatic imine (C=N–C) groups is 1. The maximum atomic E-state index is 12.2. The molecule has 0 aromatic heterocycles. The molecule has 0 unspecified atom stereocenters. The molecule has 25 heavy (non-hydrogen) atoms. The van der Waals surface area contributed by atoms with E-state index in [4.69, 9.17) is 4.74 Å². The van der Waals surface area contributed by atoms with Crippen molar-refractivity contribution in [3.8, 4) is 5.75 Å². The summed E-state index contributed by atoms with van der Waals surface area (Å²) in [6, 6.07) is 15.3. The zero-order valence-corrected chi connectivity index (χ0v) is 14.4. The maximum Gasteiger partial charge on any atom is 0.272 e. The van der Waals surface area contributed by atoms with E-state index >= 15 is 0 Å². The molecule has 0 bridgehead atoms. The second kappa shape index (κ2) is 9.61. The highest BCUT2D eigenvalue weighted by molar-refractivity contribution is 5.79. The predicted octanol–water partition coefficient (Wildman–Crippen LogP) is 3.50. The Kier molecular flexibility index (Phi) is 7.19. The lowest BCUT2D eigenvalue weighted by Gasteiger charge is -2.13. The Morgan fingerprint density at radius 3 is 2.28 bits per heavy atom. The van der Waals surface area contributed by atoms with Crippen molar-refractivity contribution in [3.05, 3.63) is 65.2 Å². The van der Waals surface area contributed by atoms with Crippen LogP contribution in [0.3, 0.4) is 0 Å². The fourth-order valence-corrected chi connectivity index (χ4v) is 2.32. The Balaban J connectivity index is 1.85. The Morgan fingerprint density at radius 2 is 1.68 bits per heavy atom. The van der Waals surface area contributed by atoms with Gasteiger partial charge in [0.15, 0.2) is 5.96 Å². The summed E-state index contributed by atoms with van der Waals surface area (Å²) in [5, 5.41) is 6.44. The SMILES string of the molecule is CN=C(NCc1cccc(C)c1)NCc1cccc(OCC(F)F)c1. The number of hydrogen-bond donors (Lipinski definition) is 2. The van der Waals surface area contributed by atoms with Crippen molar-refractivity contribution < 1.29 is 13.5 Å². The second-order valence-corrected chi connectivity index (χ2v) is 5.62. The van der Waals surface area contributed by atoms with Gasteiger partial charge in [0.1, 0.15) is 12.4 Å². The number of hydrogen-bond acceptors (Lipinski definition) is 2. The van der Waals surface area contributed by atoms with Crippen LogP contribution in [0.2, 0.25) is 0 Å². The third-order valence-electron chi connectivity index (χ3n) is 3.50. The highest BCUT2D eigenvalue weighted by atomic mass is 19.3. The van der Waals surface area contributed by atoms with Gasteiger partial charge in [-0.2, -0.15) is 0 Å². The topological polar surface area (TPSA) is 45.7 Å². The number of ether oxygens (including phenoxy) is 1. The van der Waals surface area contributed by atoms with Crippen molar-refractivity contribution >= 4 is 5.96 Å². The van der Waals surface area contributed by atoms with Crippen LogP contribution in [0, 0.1) is 6.92 Å². The van der Waals surface area contributed by atoms with Gasteiger partial charge in [0.2, 0.25) is 0 Å². The quantitative estimate of drug-likeness (QED) is 0.595. The molecule has 0 atom stereocenters. The van der Waals surface area contributed by atoms with E-state index in [1.54, 1.807) is 25.2 Å². The second-order valence-electron chi connectivity index (χ2n) is 5.62. The molecule has 2 aromatic rings. The van der Waals surface area contributed by atoms with E-state index in [0.29, 0.717) is 24.8 Å². The summed E-state index contributed by atoms with van der Waals surface area (Å²) in [7, 11) is 1.70. The molecule has 0 saturated heterocycles. The highest BCUT2D eigenvalue weighted by Gasteiger charge is 2.05. The fourth-order valence-electron chi connectivity index (χ4n) is 2.32. The van der Waals surface area contributed by atoms with Gasteiger partial charge in [-0.1, -0.05) is 42.0 Å². The first-order valence-corrected chi connectivity index (χ1v) is 8.07. The van der Waals surface area contributed by atoms with Crippen LogP contribution in [0.4, 0.5) is 8.78 Å². The molecule has 2 rings (SSSR count). The van der Waals surface area contributed by atoms with E-state index in [1.807, 2.05) is 12.1 Å². The van der Waals surface area contributed by atoms with Gasteiger partial charge in [0.25, 0.3) is 6.43 Å². The Morgan fingerprint density at radius 1 is 1.04 bits per heavy atom. The predicted molar refractivity (Wildman–Crippen MR) is 96.2 cm³/mol. The van der Waals surface area contributed by atoms with Crippen molar-refractivity contribution in [2.45, 2.75) is 26.4 Å². The molecule has 0 spiro atoms. The van der Waals surface area contributed by atoms with Gasteiger partial charge in [0.05, 0.1) is 0 Å². The third kappa shape index (κ3) is 6.79. The molecule has 2 aromatic carbocycles. The number of nitrogens with zero attached hydrogens (tertiary/aromatic N) is 1. The van der Waals surface area contributed by atoms with Gasteiger partial charge < -0.3 is 15.4 Å². The van der Waals surface area contributed by atoms with Gasteiger partial charge in [0, 0.05) is 20.1 Å². The summed E-state index contributed by atoms with van der Waals surface area (Å²) in [6.45, 7) is 2.63. The smallest absolute Gasteiger partial charge is 0.272 e.